The molecule has 1 aromatic carbocycles. The molecular weight excluding hydrogens is 281 g/mol. The Kier molecular flexibility index (Phi) is 5.60. The van der Waals surface area contributed by atoms with Crippen LogP contribution in [0.5, 0.6) is 0 Å². The van der Waals surface area contributed by atoms with Crippen molar-refractivity contribution in [2.45, 2.75) is 39.8 Å². The van der Waals surface area contributed by atoms with E-state index in [4.69, 9.17) is 0 Å². The lowest BCUT2D eigenvalue weighted by molar-refractivity contribution is 0.220. The molecule has 0 aliphatic carbocycles. The summed E-state index contributed by atoms with van der Waals surface area (Å²) in [7, 11) is 2.12. The molecular formula is C14H21BrFN. The fraction of sp³-hybridized carbons (Fsp3) is 0.571. The van der Waals surface area contributed by atoms with Crippen LogP contribution in [0.3, 0.4) is 0 Å². The number of hydrogen-bond acceptors (Lipinski definition) is 1. The monoisotopic (exact) mass is 301 g/mol. The third kappa shape index (κ3) is 4.76. The van der Waals surface area contributed by atoms with Crippen molar-refractivity contribution in [3.8, 4) is 0 Å². The van der Waals surface area contributed by atoms with Crippen LogP contribution in [0.2, 0.25) is 0 Å². The molecule has 1 unspecified atom stereocenters. The highest BCUT2D eigenvalue weighted by molar-refractivity contribution is 9.10. The van der Waals surface area contributed by atoms with Crippen LogP contribution in [0.25, 0.3) is 0 Å². The van der Waals surface area contributed by atoms with Gasteiger partial charge in [-0.05, 0) is 59.9 Å². The standard InChI is InChI=1S/C14H21BrFN/c1-10(2)7-11(3)17(4)9-12-5-6-14(16)13(15)8-12/h5-6,8,10-11H,7,9H2,1-4H3. The average molecular weight is 302 g/mol. The minimum atomic E-state index is -0.202. The molecule has 0 aliphatic heterocycles. The minimum absolute atomic E-state index is 0.202. The molecule has 0 aliphatic rings. The Hall–Kier alpha value is -0.410. The van der Waals surface area contributed by atoms with Gasteiger partial charge in [0, 0.05) is 12.6 Å². The maximum Gasteiger partial charge on any atom is 0.137 e. The maximum atomic E-state index is 13.1. The first-order valence-corrected chi connectivity index (χ1v) is 6.83. The van der Waals surface area contributed by atoms with Crippen LogP contribution in [0.1, 0.15) is 32.8 Å². The zero-order valence-corrected chi connectivity index (χ0v) is 12.6. The van der Waals surface area contributed by atoms with E-state index in [-0.39, 0.29) is 5.82 Å². The zero-order chi connectivity index (χ0) is 13.0. The molecule has 0 heterocycles. The predicted octanol–water partition coefficient (Wildman–Crippen LogP) is 4.45. The second-order valence-corrected chi connectivity index (χ2v) is 6.00. The SMILES string of the molecule is CC(C)CC(C)N(C)Cc1ccc(F)c(Br)c1. The van der Waals surface area contributed by atoms with Gasteiger partial charge < -0.3 is 0 Å². The number of rotatable bonds is 5. The molecule has 0 radical (unpaired) electrons. The molecule has 1 nitrogen and oxygen atoms in total. The average Bonchev–Trinajstić information content (AvgIpc) is 2.22. The molecule has 3 heteroatoms. The van der Waals surface area contributed by atoms with Crippen molar-refractivity contribution in [3.63, 3.8) is 0 Å². The summed E-state index contributed by atoms with van der Waals surface area (Å²) >= 11 is 3.22. The van der Waals surface area contributed by atoms with Gasteiger partial charge in [-0.25, -0.2) is 4.39 Å². The van der Waals surface area contributed by atoms with E-state index in [1.807, 2.05) is 12.1 Å². The third-order valence-corrected chi connectivity index (χ3v) is 3.59. The molecule has 0 N–H and O–H groups in total. The van der Waals surface area contributed by atoms with Crippen LogP contribution >= 0.6 is 15.9 Å². The summed E-state index contributed by atoms with van der Waals surface area (Å²) in [5.41, 5.74) is 1.14. The molecule has 0 bridgehead atoms. The molecule has 0 amide bonds. The fourth-order valence-electron chi connectivity index (χ4n) is 1.94. The molecule has 0 saturated carbocycles. The summed E-state index contributed by atoms with van der Waals surface area (Å²) in [6.45, 7) is 7.56. The first kappa shape index (κ1) is 14.7. The van der Waals surface area contributed by atoms with E-state index < -0.39 is 0 Å². The Morgan fingerprint density at radius 2 is 1.94 bits per heavy atom. The van der Waals surface area contributed by atoms with Crippen LogP contribution in [-0.2, 0) is 6.54 Å². The lowest BCUT2D eigenvalue weighted by atomic mass is 10.0. The number of hydrogen-bond donors (Lipinski definition) is 0. The summed E-state index contributed by atoms with van der Waals surface area (Å²) in [6.07, 6.45) is 1.18. The van der Waals surface area contributed by atoms with E-state index in [9.17, 15) is 4.39 Å². The van der Waals surface area contributed by atoms with Crippen molar-refractivity contribution in [1.82, 2.24) is 4.90 Å². The summed E-state index contributed by atoms with van der Waals surface area (Å²) < 4.78 is 13.6. The molecule has 0 fully saturated rings. The lowest BCUT2D eigenvalue weighted by Gasteiger charge is -2.26. The number of nitrogens with zero attached hydrogens (tertiary/aromatic N) is 1. The van der Waals surface area contributed by atoms with Gasteiger partial charge in [-0.15, -0.1) is 0 Å². The highest BCUT2D eigenvalue weighted by Crippen LogP contribution is 2.19. The molecule has 17 heavy (non-hydrogen) atoms. The van der Waals surface area contributed by atoms with Gasteiger partial charge in [0.15, 0.2) is 0 Å². The third-order valence-electron chi connectivity index (χ3n) is 2.98. The Labute approximate surface area is 112 Å². The summed E-state index contributed by atoms with van der Waals surface area (Å²) in [6, 6.07) is 5.76. The first-order valence-electron chi connectivity index (χ1n) is 6.04. The molecule has 0 spiro atoms. The Bertz CT molecular complexity index is 365. The largest absolute Gasteiger partial charge is 0.299 e. The molecule has 1 rings (SSSR count). The van der Waals surface area contributed by atoms with Gasteiger partial charge in [0.05, 0.1) is 4.47 Å². The van der Waals surface area contributed by atoms with Crippen molar-refractivity contribution in [2.75, 3.05) is 7.05 Å². The van der Waals surface area contributed by atoms with Gasteiger partial charge in [0.2, 0.25) is 0 Å². The van der Waals surface area contributed by atoms with Gasteiger partial charge in [-0.2, -0.15) is 0 Å². The van der Waals surface area contributed by atoms with Crippen molar-refractivity contribution in [1.29, 1.82) is 0 Å². The highest BCUT2D eigenvalue weighted by Gasteiger charge is 2.11. The Balaban J connectivity index is 2.61. The Morgan fingerprint density at radius 3 is 2.47 bits per heavy atom. The quantitative estimate of drug-likeness (QED) is 0.776. The van der Waals surface area contributed by atoms with E-state index in [2.05, 4.69) is 48.6 Å². The van der Waals surface area contributed by atoms with Crippen LogP contribution in [0.4, 0.5) is 4.39 Å². The zero-order valence-electron chi connectivity index (χ0n) is 11.0. The van der Waals surface area contributed by atoms with Crippen molar-refractivity contribution < 1.29 is 4.39 Å². The van der Waals surface area contributed by atoms with Crippen molar-refractivity contribution >= 4 is 15.9 Å². The molecule has 0 saturated heterocycles. The minimum Gasteiger partial charge on any atom is -0.299 e. The van der Waals surface area contributed by atoms with Gasteiger partial charge in [-0.1, -0.05) is 19.9 Å². The predicted molar refractivity (Wildman–Crippen MR) is 74.5 cm³/mol. The second-order valence-electron chi connectivity index (χ2n) is 5.14. The number of benzene rings is 1. The van der Waals surface area contributed by atoms with Crippen molar-refractivity contribution in [2.24, 2.45) is 5.92 Å². The fourth-order valence-corrected chi connectivity index (χ4v) is 2.37. The van der Waals surface area contributed by atoms with Crippen LogP contribution in [-0.4, -0.2) is 18.0 Å². The van der Waals surface area contributed by atoms with E-state index in [1.165, 1.54) is 12.5 Å². The van der Waals surface area contributed by atoms with Crippen LogP contribution in [0, 0.1) is 11.7 Å². The number of halogens is 2. The van der Waals surface area contributed by atoms with Gasteiger partial charge in [0.1, 0.15) is 5.82 Å². The maximum absolute atomic E-state index is 13.1. The van der Waals surface area contributed by atoms with E-state index in [0.29, 0.717) is 16.4 Å². The van der Waals surface area contributed by atoms with E-state index >= 15 is 0 Å². The summed E-state index contributed by atoms with van der Waals surface area (Å²) in [5.74, 6) is 0.499. The second kappa shape index (κ2) is 6.50. The highest BCUT2D eigenvalue weighted by atomic mass is 79.9. The summed E-state index contributed by atoms with van der Waals surface area (Å²) in [5, 5.41) is 0. The molecule has 0 aromatic heterocycles. The smallest absolute Gasteiger partial charge is 0.137 e. The molecule has 96 valence electrons. The van der Waals surface area contributed by atoms with Gasteiger partial charge in [0.25, 0.3) is 0 Å². The van der Waals surface area contributed by atoms with E-state index in [0.717, 1.165) is 12.1 Å². The van der Waals surface area contributed by atoms with Crippen molar-refractivity contribution in [3.05, 3.63) is 34.1 Å². The van der Waals surface area contributed by atoms with Crippen LogP contribution < -0.4 is 0 Å². The normalized spacial score (nSPS) is 13.4. The van der Waals surface area contributed by atoms with Gasteiger partial charge in [-0.3, -0.25) is 4.90 Å². The first-order chi connectivity index (χ1) is 7.90. The Morgan fingerprint density at radius 1 is 1.29 bits per heavy atom. The van der Waals surface area contributed by atoms with Crippen LogP contribution in [0.15, 0.2) is 22.7 Å². The summed E-state index contributed by atoms with van der Waals surface area (Å²) in [4.78, 5) is 2.31. The van der Waals surface area contributed by atoms with E-state index in [1.54, 1.807) is 0 Å². The van der Waals surface area contributed by atoms with Gasteiger partial charge >= 0.3 is 0 Å². The molecule has 1 aromatic rings. The molecule has 1 atom stereocenters. The lowest BCUT2D eigenvalue weighted by Crippen LogP contribution is -2.29. The topological polar surface area (TPSA) is 3.24 Å².